The minimum absolute atomic E-state index is 0.0466. The fourth-order valence-electron chi connectivity index (χ4n) is 1.59. The molecule has 88 valence electrons. The van der Waals surface area contributed by atoms with Gasteiger partial charge in [0.25, 0.3) is 0 Å². The number of amides is 1. The Hall–Kier alpha value is -1.55. The maximum Gasteiger partial charge on any atom is 0.238 e. The highest BCUT2D eigenvalue weighted by molar-refractivity contribution is 5.78. The summed E-state index contributed by atoms with van der Waals surface area (Å²) in [6.07, 6.45) is 1.27. The van der Waals surface area contributed by atoms with E-state index in [4.69, 9.17) is 4.74 Å². The molecule has 4 heteroatoms. The van der Waals surface area contributed by atoms with E-state index in [-0.39, 0.29) is 5.91 Å². The van der Waals surface area contributed by atoms with Crippen LogP contribution in [0, 0.1) is 0 Å². The summed E-state index contributed by atoms with van der Waals surface area (Å²) in [4.78, 5) is 11.4. The minimum Gasteiger partial charge on any atom is -0.496 e. The predicted octanol–water partition coefficient (Wildman–Crippen LogP) is 1.05. The third-order valence-electron chi connectivity index (χ3n) is 2.35. The zero-order valence-electron chi connectivity index (χ0n) is 9.96. The lowest BCUT2D eigenvalue weighted by Crippen LogP contribution is -2.35. The van der Waals surface area contributed by atoms with Crippen LogP contribution in [-0.2, 0) is 17.6 Å². The fourth-order valence-corrected chi connectivity index (χ4v) is 1.59. The van der Waals surface area contributed by atoms with Crippen molar-refractivity contribution in [3.05, 3.63) is 29.3 Å². The highest BCUT2D eigenvalue weighted by atomic mass is 16.5. The monoisotopic (exact) mass is 222 g/mol. The van der Waals surface area contributed by atoms with E-state index < -0.39 is 0 Å². The number of carbonyl (C=O) groups is 1. The van der Waals surface area contributed by atoms with Gasteiger partial charge in [0, 0.05) is 7.05 Å². The number of hydrogen-bond acceptors (Lipinski definition) is 3. The van der Waals surface area contributed by atoms with Crippen LogP contribution in [0.5, 0.6) is 5.75 Å². The molecule has 1 rings (SSSR count). The molecule has 0 spiro atoms. The molecule has 0 aromatic heterocycles. The number of hydrazine groups is 1. The molecule has 0 fully saturated rings. The van der Waals surface area contributed by atoms with Crippen molar-refractivity contribution in [1.29, 1.82) is 0 Å². The highest BCUT2D eigenvalue weighted by Gasteiger charge is 2.06. The number of carbonyl (C=O) groups excluding carboxylic acids is 1. The Bertz CT molecular complexity index is 364. The smallest absolute Gasteiger partial charge is 0.238 e. The second-order valence-corrected chi connectivity index (χ2v) is 3.47. The third kappa shape index (κ3) is 3.24. The number of methoxy groups -OCH3 is 1. The summed E-state index contributed by atoms with van der Waals surface area (Å²) >= 11 is 0. The van der Waals surface area contributed by atoms with E-state index in [2.05, 4.69) is 17.8 Å². The molecule has 0 saturated carbocycles. The fraction of sp³-hybridized carbons (Fsp3) is 0.417. The van der Waals surface area contributed by atoms with Gasteiger partial charge < -0.3 is 4.74 Å². The van der Waals surface area contributed by atoms with Gasteiger partial charge in [-0.2, -0.15) is 0 Å². The van der Waals surface area contributed by atoms with E-state index in [1.54, 1.807) is 14.2 Å². The first-order valence-corrected chi connectivity index (χ1v) is 5.32. The highest BCUT2D eigenvalue weighted by Crippen LogP contribution is 2.20. The first-order valence-electron chi connectivity index (χ1n) is 5.32. The molecule has 0 atom stereocenters. The summed E-state index contributed by atoms with van der Waals surface area (Å²) in [6.45, 7) is 2.06. The van der Waals surface area contributed by atoms with Gasteiger partial charge in [0.2, 0.25) is 5.91 Å². The van der Waals surface area contributed by atoms with Crippen LogP contribution in [0.2, 0.25) is 0 Å². The van der Waals surface area contributed by atoms with Gasteiger partial charge >= 0.3 is 0 Å². The Morgan fingerprint density at radius 3 is 2.75 bits per heavy atom. The van der Waals surface area contributed by atoms with E-state index >= 15 is 0 Å². The molecule has 0 aliphatic heterocycles. The molecular formula is C12H18N2O2. The average Bonchev–Trinajstić information content (AvgIpc) is 2.29. The van der Waals surface area contributed by atoms with Crippen LogP contribution < -0.4 is 15.6 Å². The van der Waals surface area contributed by atoms with Crippen molar-refractivity contribution in [2.75, 3.05) is 14.2 Å². The molecule has 4 nitrogen and oxygen atoms in total. The number of aryl methyl sites for hydroxylation is 1. The lowest BCUT2D eigenvalue weighted by atomic mass is 10.1. The molecular weight excluding hydrogens is 204 g/mol. The average molecular weight is 222 g/mol. The van der Waals surface area contributed by atoms with Crippen LogP contribution in [0.15, 0.2) is 18.2 Å². The van der Waals surface area contributed by atoms with Crippen LogP contribution in [0.25, 0.3) is 0 Å². The molecule has 1 amide bonds. The Morgan fingerprint density at radius 2 is 2.19 bits per heavy atom. The van der Waals surface area contributed by atoms with Gasteiger partial charge in [0.1, 0.15) is 5.75 Å². The van der Waals surface area contributed by atoms with Crippen molar-refractivity contribution in [3.8, 4) is 5.75 Å². The van der Waals surface area contributed by atoms with Crippen molar-refractivity contribution >= 4 is 5.91 Å². The Balaban J connectivity index is 2.78. The van der Waals surface area contributed by atoms with E-state index in [1.165, 1.54) is 0 Å². The van der Waals surface area contributed by atoms with Crippen molar-refractivity contribution in [1.82, 2.24) is 10.9 Å². The molecule has 0 aliphatic carbocycles. The van der Waals surface area contributed by atoms with Crippen molar-refractivity contribution in [2.24, 2.45) is 0 Å². The molecule has 0 aliphatic rings. The second-order valence-electron chi connectivity index (χ2n) is 3.47. The summed E-state index contributed by atoms with van der Waals surface area (Å²) in [6, 6.07) is 5.82. The van der Waals surface area contributed by atoms with E-state index in [1.807, 2.05) is 18.2 Å². The molecule has 2 N–H and O–H groups in total. The van der Waals surface area contributed by atoms with Gasteiger partial charge in [-0.25, -0.2) is 5.43 Å². The molecule has 0 unspecified atom stereocenters. The van der Waals surface area contributed by atoms with Gasteiger partial charge in [-0.15, -0.1) is 0 Å². The number of nitrogens with one attached hydrogen (secondary N) is 2. The third-order valence-corrected chi connectivity index (χ3v) is 2.35. The molecule has 1 aromatic carbocycles. The van der Waals surface area contributed by atoms with E-state index in [0.717, 1.165) is 23.3 Å². The van der Waals surface area contributed by atoms with Crippen LogP contribution in [0.4, 0.5) is 0 Å². The van der Waals surface area contributed by atoms with E-state index in [0.29, 0.717) is 6.42 Å². The van der Waals surface area contributed by atoms with Crippen molar-refractivity contribution in [3.63, 3.8) is 0 Å². The van der Waals surface area contributed by atoms with Crippen LogP contribution in [-0.4, -0.2) is 20.1 Å². The van der Waals surface area contributed by atoms with Crippen molar-refractivity contribution < 1.29 is 9.53 Å². The van der Waals surface area contributed by atoms with Gasteiger partial charge in [-0.1, -0.05) is 19.1 Å². The zero-order valence-corrected chi connectivity index (χ0v) is 9.96. The Kier molecular flexibility index (Phi) is 4.79. The lowest BCUT2D eigenvalue weighted by Gasteiger charge is -2.09. The first kappa shape index (κ1) is 12.5. The topological polar surface area (TPSA) is 50.4 Å². The number of rotatable bonds is 5. The lowest BCUT2D eigenvalue weighted by molar-refractivity contribution is -0.121. The molecule has 1 aromatic rings. The summed E-state index contributed by atoms with van der Waals surface area (Å²) < 4.78 is 5.23. The van der Waals surface area contributed by atoms with Crippen LogP contribution in [0.1, 0.15) is 18.1 Å². The summed E-state index contributed by atoms with van der Waals surface area (Å²) in [5.41, 5.74) is 7.27. The van der Waals surface area contributed by atoms with E-state index in [9.17, 15) is 4.79 Å². The molecule has 0 heterocycles. The van der Waals surface area contributed by atoms with Gasteiger partial charge in [-0.3, -0.25) is 10.2 Å². The van der Waals surface area contributed by atoms with Crippen LogP contribution >= 0.6 is 0 Å². The Labute approximate surface area is 96.0 Å². The van der Waals surface area contributed by atoms with Crippen molar-refractivity contribution in [2.45, 2.75) is 19.8 Å². The normalized spacial score (nSPS) is 9.94. The summed E-state index contributed by atoms with van der Waals surface area (Å²) in [7, 11) is 3.32. The first-order chi connectivity index (χ1) is 7.71. The zero-order chi connectivity index (χ0) is 12.0. The molecule has 0 bridgehead atoms. The summed E-state index contributed by atoms with van der Waals surface area (Å²) in [5, 5.41) is 0. The molecule has 0 radical (unpaired) electrons. The van der Waals surface area contributed by atoms with Gasteiger partial charge in [0.05, 0.1) is 13.5 Å². The minimum atomic E-state index is -0.0466. The Morgan fingerprint density at radius 1 is 1.44 bits per heavy atom. The quantitative estimate of drug-likeness (QED) is 0.732. The molecule has 0 saturated heterocycles. The maximum atomic E-state index is 11.4. The number of benzene rings is 1. The largest absolute Gasteiger partial charge is 0.496 e. The number of hydrogen-bond donors (Lipinski definition) is 2. The summed E-state index contributed by atoms with van der Waals surface area (Å²) in [5.74, 6) is 0.829. The van der Waals surface area contributed by atoms with Gasteiger partial charge in [0.15, 0.2) is 0 Å². The predicted molar refractivity (Wildman–Crippen MR) is 63.3 cm³/mol. The SMILES string of the molecule is CCc1cc(CC(=O)NNC)ccc1OC. The number of ether oxygens (including phenoxy) is 1. The second kappa shape index (κ2) is 6.12. The standard InChI is InChI=1S/C12H18N2O2/c1-4-10-7-9(5-6-11(10)16-3)8-12(15)14-13-2/h5-7,13H,4,8H2,1-3H3,(H,14,15). The maximum absolute atomic E-state index is 11.4. The molecule has 16 heavy (non-hydrogen) atoms. The van der Waals surface area contributed by atoms with Crippen LogP contribution in [0.3, 0.4) is 0 Å². The van der Waals surface area contributed by atoms with Gasteiger partial charge in [-0.05, 0) is 23.6 Å².